The number of carbonyl (C=O) groups excluding carboxylic acids is 1. The molecule has 0 spiro atoms. The number of benzene rings is 1. The third-order valence-electron chi connectivity index (χ3n) is 12.2. The minimum atomic E-state index is -0.580. The van der Waals surface area contributed by atoms with Crippen molar-refractivity contribution < 1.29 is 19.4 Å². The highest BCUT2D eigenvalue weighted by Crippen LogP contribution is 2.45. The Labute approximate surface area is 317 Å². The fraction of sp³-hybridized carbons (Fsp3) is 0.851. The minimum absolute atomic E-state index is 0.102. The number of phenols is 1. The molecule has 51 heavy (non-hydrogen) atoms. The van der Waals surface area contributed by atoms with Crippen LogP contribution in [0.4, 0.5) is 0 Å². The van der Waals surface area contributed by atoms with Crippen molar-refractivity contribution in [2.75, 3.05) is 0 Å². The lowest BCUT2D eigenvalue weighted by atomic mass is 9.81. The summed E-state index contributed by atoms with van der Waals surface area (Å²) >= 11 is 0. The molecule has 0 amide bonds. The number of aromatic hydroxyl groups is 1. The number of fused-ring (bicyclic) bond motifs is 1. The number of phenolic OH excluding ortho intramolecular Hbond substituents is 1. The molecule has 0 fully saturated rings. The first-order valence-electron chi connectivity index (χ1n) is 22.1. The highest BCUT2D eigenvalue weighted by Gasteiger charge is 2.44. The Morgan fingerprint density at radius 1 is 0.686 bits per heavy atom. The van der Waals surface area contributed by atoms with Crippen LogP contribution in [-0.2, 0) is 16.0 Å². The Hall–Kier alpha value is -1.71. The number of hydrogen-bond donors (Lipinski definition) is 1. The second kappa shape index (κ2) is 25.3. The van der Waals surface area contributed by atoms with Crippen LogP contribution in [0.5, 0.6) is 11.5 Å². The standard InChI is InChI=1S/C47H84O4/c1-10-11-12-13-14-15-16-17-18-19-20-21-22-23-24-33-44(48)50-43-35-42-41(8)45(49)39(6)40(7)46(42)51-47(43,9)34-27-32-38(5)31-26-30-37(4)29-25-28-36(2)3/h36-38,43,49H,10-35H2,1-9H3/t37-,38+,43?,47-/m0/s1. The van der Waals surface area contributed by atoms with Crippen LogP contribution in [0.1, 0.15) is 224 Å². The monoisotopic (exact) mass is 713 g/mol. The molecule has 1 N–H and O–H groups in total. The maximum atomic E-state index is 13.2. The summed E-state index contributed by atoms with van der Waals surface area (Å²) in [5.74, 6) is 3.44. The highest BCUT2D eigenvalue weighted by molar-refractivity contribution is 5.70. The topological polar surface area (TPSA) is 55.8 Å². The van der Waals surface area contributed by atoms with Crippen molar-refractivity contribution in [3.8, 4) is 11.5 Å². The lowest BCUT2D eigenvalue weighted by Gasteiger charge is -2.43. The molecule has 1 heterocycles. The van der Waals surface area contributed by atoms with Crippen LogP contribution < -0.4 is 4.74 Å². The van der Waals surface area contributed by atoms with E-state index in [0.29, 0.717) is 24.5 Å². The van der Waals surface area contributed by atoms with E-state index in [1.807, 2.05) is 20.8 Å². The van der Waals surface area contributed by atoms with E-state index in [1.54, 1.807) is 0 Å². The number of esters is 1. The second-order valence-corrected chi connectivity index (χ2v) is 17.7. The van der Waals surface area contributed by atoms with Gasteiger partial charge in [-0.3, -0.25) is 4.79 Å². The van der Waals surface area contributed by atoms with Gasteiger partial charge in [0.1, 0.15) is 23.2 Å². The normalized spacial score (nSPS) is 18.4. The Kier molecular flexibility index (Phi) is 22.6. The van der Waals surface area contributed by atoms with Gasteiger partial charge in [0, 0.05) is 18.4 Å². The smallest absolute Gasteiger partial charge is 0.306 e. The Morgan fingerprint density at radius 2 is 1.16 bits per heavy atom. The van der Waals surface area contributed by atoms with Gasteiger partial charge in [-0.25, -0.2) is 0 Å². The van der Waals surface area contributed by atoms with Crippen molar-refractivity contribution in [2.24, 2.45) is 17.8 Å². The van der Waals surface area contributed by atoms with Gasteiger partial charge in [-0.15, -0.1) is 0 Å². The van der Waals surface area contributed by atoms with Gasteiger partial charge in [-0.05, 0) is 81.4 Å². The molecule has 2 rings (SSSR count). The van der Waals surface area contributed by atoms with Gasteiger partial charge < -0.3 is 14.6 Å². The quantitative estimate of drug-likeness (QED) is 0.0663. The van der Waals surface area contributed by atoms with Crippen molar-refractivity contribution in [1.82, 2.24) is 0 Å². The number of carbonyl (C=O) groups is 1. The molecular weight excluding hydrogens is 629 g/mol. The Morgan fingerprint density at radius 3 is 1.67 bits per heavy atom. The first kappa shape index (κ1) is 45.4. The average molecular weight is 713 g/mol. The van der Waals surface area contributed by atoms with Crippen molar-refractivity contribution in [3.05, 3.63) is 22.3 Å². The van der Waals surface area contributed by atoms with Crippen LogP contribution >= 0.6 is 0 Å². The van der Waals surface area contributed by atoms with Crippen LogP contribution in [0.2, 0.25) is 0 Å². The summed E-state index contributed by atoms with van der Waals surface area (Å²) in [5.41, 5.74) is 3.14. The van der Waals surface area contributed by atoms with E-state index in [2.05, 4.69) is 41.5 Å². The van der Waals surface area contributed by atoms with Crippen LogP contribution in [0.15, 0.2) is 0 Å². The highest BCUT2D eigenvalue weighted by atomic mass is 16.6. The fourth-order valence-electron chi connectivity index (χ4n) is 8.27. The van der Waals surface area contributed by atoms with Crippen LogP contribution in [0, 0.1) is 38.5 Å². The summed E-state index contributed by atoms with van der Waals surface area (Å²) in [7, 11) is 0. The van der Waals surface area contributed by atoms with E-state index in [0.717, 1.165) is 65.5 Å². The van der Waals surface area contributed by atoms with Gasteiger partial charge in [0.15, 0.2) is 0 Å². The summed E-state index contributed by atoms with van der Waals surface area (Å²) in [6.07, 6.45) is 31.5. The Balaban J connectivity index is 1.80. The van der Waals surface area contributed by atoms with Crippen molar-refractivity contribution in [2.45, 2.75) is 241 Å². The summed E-state index contributed by atoms with van der Waals surface area (Å²) in [5, 5.41) is 10.9. The van der Waals surface area contributed by atoms with Crippen LogP contribution in [0.3, 0.4) is 0 Å². The molecular formula is C47H84O4. The fourth-order valence-corrected chi connectivity index (χ4v) is 8.27. The summed E-state index contributed by atoms with van der Waals surface area (Å²) in [6, 6.07) is 0. The second-order valence-electron chi connectivity index (χ2n) is 17.7. The largest absolute Gasteiger partial charge is 0.507 e. The first-order chi connectivity index (χ1) is 24.4. The van der Waals surface area contributed by atoms with E-state index < -0.39 is 5.60 Å². The lowest BCUT2D eigenvalue weighted by Crippen LogP contribution is -2.51. The predicted octanol–water partition coefficient (Wildman–Crippen LogP) is 14.6. The Bertz CT molecular complexity index is 1090. The van der Waals surface area contributed by atoms with Crippen LogP contribution in [0.25, 0.3) is 0 Å². The predicted molar refractivity (Wildman–Crippen MR) is 219 cm³/mol. The van der Waals surface area contributed by atoms with E-state index in [4.69, 9.17) is 9.47 Å². The number of unbranched alkanes of at least 4 members (excludes halogenated alkanes) is 14. The minimum Gasteiger partial charge on any atom is -0.507 e. The summed E-state index contributed by atoms with van der Waals surface area (Å²) < 4.78 is 13.2. The number of rotatable bonds is 29. The number of ether oxygens (including phenoxy) is 2. The molecule has 4 heteroatoms. The molecule has 0 aromatic heterocycles. The SMILES string of the molecule is CCCCCCCCCCCCCCCCCC(=O)OC1Cc2c(C)c(O)c(C)c(C)c2O[C@@]1(C)CCC[C@H](C)CCC[C@@H](C)CCCC(C)C. The molecule has 1 aliphatic rings. The van der Waals surface area contributed by atoms with E-state index in [-0.39, 0.29) is 12.1 Å². The first-order valence-corrected chi connectivity index (χ1v) is 22.1. The van der Waals surface area contributed by atoms with Crippen molar-refractivity contribution in [1.29, 1.82) is 0 Å². The van der Waals surface area contributed by atoms with Gasteiger partial charge in [-0.2, -0.15) is 0 Å². The third kappa shape index (κ3) is 17.3. The van der Waals surface area contributed by atoms with Crippen molar-refractivity contribution in [3.63, 3.8) is 0 Å². The van der Waals surface area contributed by atoms with E-state index >= 15 is 0 Å². The van der Waals surface area contributed by atoms with E-state index in [9.17, 15) is 9.90 Å². The third-order valence-corrected chi connectivity index (χ3v) is 12.2. The molecule has 0 radical (unpaired) electrons. The van der Waals surface area contributed by atoms with Gasteiger partial charge in [-0.1, -0.05) is 169 Å². The van der Waals surface area contributed by atoms with E-state index in [1.165, 1.54) is 128 Å². The summed E-state index contributed by atoms with van der Waals surface area (Å²) in [4.78, 5) is 13.2. The van der Waals surface area contributed by atoms with Gasteiger partial charge in [0.05, 0.1) is 0 Å². The van der Waals surface area contributed by atoms with Crippen LogP contribution in [-0.4, -0.2) is 22.8 Å². The molecule has 4 atom stereocenters. The summed E-state index contributed by atoms with van der Waals surface area (Å²) in [6.45, 7) is 19.9. The van der Waals surface area contributed by atoms with Gasteiger partial charge in [0.2, 0.25) is 0 Å². The lowest BCUT2D eigenvalue weighted by molar-refractivity contribution is -0.163. The molecule has 1 unspecified atom stereocenters. The zero-order valence-electron chi connectivity index (χ0n) is 35.4. The molecule has 296 valence electrons. The molecule has 0 bridgehead atoms. The zero-order valence-corrected chi connectivity index (χ0v) is 35.4. The molecule has 1 aliphatic heterocycles. The molecule has 0 aliphatic carbocycles. The molecule has 1 aromatic rings. The molecule has 0 saturated carbocycles. The molecule has 0 saturated heterocycles. The van der Waals surface area contributed by atoms with Gasteiger partial charge >= 0.3 is 5.97 Å². The average Bonchev–Trinajstić information content (AvgIpc) is 3.08. The molecule has 1 aromatic carbocycles. The van der Waals surface area contributed by atoms with Gasteiger partial charge in [0.25, 0.3) is 0 Å². The molecule has 4 nitrogen and oxygen atoms in total. The number of hydrogen-bond acceptors (Lipinski definition) is 4. The maximum Gasteiger partial charge on any atom is 0.306 e. The zero-order chi connectivity index (χ0) is 37.6. The van der Waals surface area contributed by atoms with Crippen molar-refractivity contribution >= 4 is 5.97 Å². The maximum absolute atomic E-state index is 13.2.